The summed E-state index contributed by atoms with van der Waals surface area (Å²) in [6.45, 7) is 5.56. The highest BCUT2D eigenvalue weighted by atomic mass is 16.7. The van der Waals surface area contributed by atoms with Gasteiger partial charge in [-0.05, 0) is 19.1 Å². The van der Waals surface area contributed by atoms with Crippen LogP contribution in [0.3, 0.4) is 0 Å². The normalized spacial score (nSPS) is 19.6. The van der Waals surface area contributed by atoms with Gasteiger partial charge in [-0.3, -0.25) is 4.79 Å². The maximum atomic E-state index is 12.1. The van der Waals surface area contributed by atoms with Crippen LogP contribution in [0.2, 0.25) is 0 Å². The molecule has 6 heteroatoms. The van der Waals surface area contributed by atoms with Crippen LogP contribution >= 0.6 is 0 Å². The number of carbonyl (C=O) groups excluding carboxylic acids is 1. The molecule has 110 valence electrons. The number of rotatable bonds is 3. The van der Waals surface area contributed by atoms with Gasteiger partial charge in [0, 0.05) is 25.1 Å². The van der Waals surface area contributed by atoms with E-state index in [9.17, 15) is 4.79 Å². The molecule has 0 saturated heterocycles. The van der Waals surface area contributed by atoms with Crippen LogP contribution in [0.5, 0.6) is 11.5 Å². The Hall–Kier alpha value is -2.50. The second kappa shape index (κ2) is 4.80. The molecule has 1 aromatic heterocycles. The Kier molecular flexibility index (Phi) is 3.08. The zero-order valence-corrected chi connectivity index (χ0v) is 12.1. The molecule has 0 bridgehead atoms. The quantitative estimate of drug-likeness (QED) is 0.939. The molecular weight excluding hydrogens is 272 g/mol. The summed E-state index contributed by atoms with van der Waals surface area (Å²) in [6, 6.07) is 5.28. The van der Waals surface area contributed by atoms with E-state index in [1.54, 1.807) is 25.1 Å². The summed E-state index contributed by atoms with van der Waals surface area (Å²) in [4.78, 5) is 16.0. The molecule has 0 aliphatic carbocycles. The lowest BCUT2D eigenvalue weighted by Crippen LogP contribution is -2.33. The molecule has 1 aliphatic rings. The zero-order valence-electron chi connectivity index (χ0n) is 12.1. The Morgan fingerprint density at radius 1 is 1.33 bits per heavy atom. The minimum absolute atomic E-state index is 0.270. The monoisotopic (exact) mass is 288 g/mol. The number of nitrogens with zero attached hydrogens (tertiary/aromatic N) is 1. The van der Waals surface area contributed by atoms with Crippen molar-refractivity contribution >= 4 is 11.6 Å². The largest absolute Gasteiger partial charge is 0.449 e. The average Bonchev–Trinajstić information content (AvgIpc) is 3.01. The third-order valence-corrected chi connectivity index (χ3v) is 3.46. The summed E-state index contributed by atoms with van der Waals surface area (Å²) in [7, 11) is 0. The Morgan fingerprint density at radius 3 is 2.76 bits per heavy atom. The number of fused-ring (bicyclic) bond motifs is 1. The second-order valence-corrected chi connectivity index (χ2v) is 5.06. The van der Waals surface area contributed by atoms with Crippen LogP contribution in [0.4, 0.5) is 5.69 Å². The lowest BCUT2D eigenvalue weighted by molar-refractivity contribution is -0.0640. The van der Waals surface area contributed by atoms with Crippen LogP contribution in [0.1, 0.15) is 36.5 Å². The van der Waals surface area contributed by atoms with E-state index in [-0.39, 0.29) is 11.6 Å². The molecule has 0 fully saturated rings. The van der Waals surface area contributed by atoms with Gasteiger partial charge >= 0.3 is 0 Å². The molecule has 2 aromatic rings. The molecule has 0 radical (unpaired) electrons. The number of amides is 1. The summed E-state index contributed by atoms with van der Waals surface area (Å²) >= 11 is 0. The van der Waals surface area contributed by atoms with E-state index >= 15 is 0 Å². The summed E-state index contributed by atoms with van der Waals surface area (Å²) in [5.74, 6) is 0.808. The topological polar surface area (TPSA) is 73.6 Å². The number of aromatic nitrogens is 1. The highest BCUT2D eigenvalue weighted by Gasteiger charge is 2.35. The van der Waals surface area contributed by atoms with Crippen molar-refractivity contribution < 1.29 is 18.7 Å². The first-order chi connectivity index (χ1) is 10.0. The molecular formula is C15H16N2O4. The fourth-order valence-electron chi connectivity index (χ4n) is 2.09. The molecule has 6 nitrogen and oxygen atoms in total. The number of ether oxygens (including phenoxy) is 2. The van der Waals surface area contributed by atoms with Gasteiger partial charge in [-0.1, -0.05) is 6.92 Å². The molecule has 0 unspecified atom stereocenters. The first kappa shape index (κ1) is 13.5. The summed E-state index contributed by atoms with van der Waals surface area (Å²) in [5, 5.41) is 2.76. The highest BCUT2D eigenvalue weighted by Crippen LogP contribution is 2.42. The van der Waals surface area contributed by atoms with Gasteiger partial charge in [-0.25, -0.2) is 4.98 Å². The van der Waals surface area contributed by atoms with Gasteiger partial charge in [0.15, 0.2) is 23.6 Å². The van der Waals surface area contributed by atoms with E-state index in [0.29, 0.717) is 22.9 Å². The van der Waals surface area contributed by atoms with Gasteiger partial charge in [0.25, 0.3) is 5.91 Å². The number of anilines is 1. The number of benzene rings is 1. The van der Waals surface area contributed by atoms with E-state index < -0.39 is 5.79 Å². The number of hydrogen-bond acceptors (Lipinski definition) is 5. The van der Waals surface area contributed by atoms with Crippen LogP contribution in [0, 0.1) is 6.92 Å². The third kappa shape index (κ3) is 2.44. The molecule has 0 saturated carbocycles. The maximum absolute atomic E-state index is 12.1. The first-order valence-electron chi connectivity index (χ1n) is 6.74. The summed E-state index contributed by atoms with van der Waals surface area (Å²) in [6.07, 6.45) is 1.97. The molecule has 1 aromatic carbocycles. The molecule has 1 amide bonds. The fraction of sp³-hybridized carbons (Fsp3) is 0.333. The van der Waals surface area contributed by atoms with Crippen molar-refractivity contribution in [2.75, 3.05) is 5.32 Å². The molecule has 1 aliphatic heterocycles. The standard InChI is InChI=1S/C15H16N2O4/c1-4-15(3)20-11-6-5-10(7-12(11)21-15)17-14(18)13-9(2)19-8-16-13/h5-8H,4H2,1-3H3,(H,17,18)/t15-/m1/s1. The van der Waals surface area contributed by atoms with Gasteiger partial charge in [0.1, 0.15) is 5.76 Å². The molecule has 2 heterocycles. The van der Waals surface area contributed by atoms with E-state index in [1.165, 1.54) is 6.39 Å². The van der Waals surface area contributed by atoms with Gasteiger partial charge in [-0.2, -0.15) is 0 Å². The van der Waals surface area contributed by atoms with Gasteiger partial charge in [0.05, 0.1) is 0 Å². The van der Waals surface area contributed by atoms with Crippen molar-refractivity contribution in [1.29, 1.82) is 0 Å². The van der Waals surface area contributed by atoms with Crippen molar-refractivity contribution in [2.45, 2.75) is 33.0 Å². The van der Waals surface area contributed by atoms with Crippen LogP contribution in [0.15, 0.2) is 29.0 Å². The molecule has 3 rings (SSSR count). The predicted molar refractivity (Wildman–Crippen MR) is 75.6 cm³/mol. The molecule has 21 heavy (non-hydrogen) atoms. The highest BCUT2D eigenvalue weighted by molar-refractivity contribution is 6.03. The van der Waals surface area contributed by atoms with Crippen molar-refractivity contribution in [3.05, 3.63) is 36.0 Å². The number of carbonyl (C=O) groups is 1. The van der Waals surface area contributed by atoms with E-state index in [2.05, 4.69) is 10.3 Å². The lowest BCUT2D eigenvalue weighted by atomic mass is 10.2. The Balaban J connectivity index is 1.79. The number of hydrogen-bond donors (Lipinski definition) is 1. The lowest BCUT2D eigenvalue weighted by Gasteiger charge is -2.20. The van der Waals surface area contributed by atoms with Crippen LogP contribution in [-0.4, -0.2) is 16.7 Å². The van der Waals surface area contributed by atoms with Gasteiger partial charge < -0.3 is 19.2 Å². The van der Waals surface area contributed by atoms with E-state index in [1.807, 2.05) is 13.8 Å². The smallest absolute Gasteiger partial charge is 0.277 e. The van der Waals surface area contributed by atoms with Crippen molar-refractivity contribution in [1.82, 2.24) is 4.98 Å². The minimum atomic E-state index is -0.645. The second-order valence-electron chi connectivity index (χ2n) is 5.06. The molecule has 1 atom stereocenters. The van der Waals surface area contributed by atoms with Crippen molar-refractivity contribution in [3.63, 3.8) is 0 Å². The molecule has 1 N–H and O–H groups in total. The van der Waals surface area contributed by atoms with Crippen molar-refractivity contribution in [3.8, 4) is 11.5 Å². The third-order valence-electron chi connectivity index (χ3n) is 3.46. The Bertz CT molecular complexity index is 695. The van der Waals surface area contributed by atoms with Crippen molar-refractivity contribution in [2.24, 2.45) is 0 Å². The van der Waals surface area contributed by atoms with Crippen LogP contribution < -0.4 is 14.8 Å². The van der Waals surface area contributed by atoms with Gasteiger partial charge in [-0.15, -0.1) is 0 Å². The van der Waals surface area contributed by atoms with Crippen LogP contribution in [0.25, 0.3) is 0 Å². The minimum Gasteiger partial charge on any atom is -0.449 e. The van der Waals surface area contributed by atoms with Gasteiger partial charge in [0.2, 0.25) is 5.79 Å². The SMILES string of the molecule is CC[C@]1(C)Oc2ccc(NC(=O)c3ncoc3C)cc2O1. The predicted octanol–water partition coefficient (Wildman–Crippen LogP) is 3.13. The Morgan fingerprint density at radius 2 is 2.10 bits per heavy atom. The first-order valence-corrected chi connectivity index (χ1v) is 6.74. The fourth-order valence-corrected chi connectivity index (χ4v) is 2.09. The average molecular weight is 288 g/mol. The number of oxazole rings is 1. The summed E-state index contributed by atoms with van der Waals surface area (Å²) in [5.41, 5.74) is 0.885. The Labute approximate surface area is 122 Å². The number of nitrogens with one attached hydrogen (secondary N) is 1. The van der Waals surface area contributed by atoms with E-state index in [0.717, 1.165) is 6.42 Å². The van der Waals surface area contributed by atoms with E-state index in [4.69, 9.17) is 13.9 Å². The summed E-state index contributed by atoms with van der Waals surface area (Å²) < 4.78 is 16.5. The number of aryl methyl sites for hydroxylation is 1. The molecule has 0 spiro atoms. The maximum Gasteiger partial charge on any atom is 0.277 e. The zero-order chi connectivity index (χ0) is 15.0. The van der Waals surface area contributed by atoms with Crippen LogP contribution in [-0.2, 0) is 0 Å².